The molecule has 4 nitrogen and oxygen atoms in total. The van der Waals surface area contributed by atoms with Crippen LogP contribution in [0.2, 0.25) is 0 Å². The van der Waals surface area contributed by atoms with Crippen molar-refractivity contribution in [3.05, 3.63) is 24.2 Å². The number of guanidine groups is 1. The van der Waals surface area contributed by atoms with Gasteiger partial charge < -0.3 is 15.1 Å². The summed E-state index contributed by atoms with van der Waals surface area (Å²) < 4.78 is 5.31. The number of hydrogen-bond acceptors (Lipinski definition) is 2. The lowest BCUT2D eigenvalue weighted by atomic mass is 10.0. The van der Waals surface area contributed by atoms with E-state index in [1.54, 1.807) is 6.26 Å². The predicted octanol–water partition coefficient (Wildman–Crippen LogP) is 3.20. The first-order valence-electron chi connectivity index (χ1n) is 7.69. The predicted molar refractivity (Wildman–Crippen MR) is 85.1 cm³/mol. The quantitative estimate of drug-likeness (QED) is 0.567. The fourth-order valence-electron chi connectivity index (χ4n) is 1.94. The molecule has 1 aromatic heterocycles. The van der Waals surface area contributed by atoms with Crippen LogP contribution in [0.25, 0.3) is 0 Å². The van der Waals surface area contributed by atoms with Gasteiger partial charge in [-0.1, -0.05) is 13.8 Å². The van der Waals surface area contributed by atoms with E-state index in [4.69, 9.17) is 4.42 Å². The van der Waals surface area contributed by atoms with Crippen molar-refractivity contribution in [2.24, 2.45) is 10.9 Å². The number of aliphatic imine (C=N–C) groups is 1. The normalized spacial score (nSPS) is 13.6. The van der Waals surface area contributed by atoms with E-state index in [0.29, 0.717) is 6.04 Å². The van der Waals surface area contributed by atoms with Gasteiger partial charge in [-0.15, -0.1) is 0 Å². The number of nitrogens with zero attached hydrogens (tertiary/aromatic N) is 1. The third-order valence-corrected chi connectivity index (χ3v) is 3.11. The zero-order valence-electron chi connectivity index (χ0n) is 13.3. The van der Waals surface area contributed by atoms with Crippen LogP contribution in [0.3, 0.4) is 0 Å². The highest BCUT2D eigenvalue weighted by molar-refractivity contribution is 5.80. The number of nitrogens with one attached hydrogen (secondary N) is 2. The lowest BCUT2D eigenvalue weighted by Gasteiger charge is -2.18. The Morgan fingerprint density at radius 2 is 2.10 bits per heavy atom. The van der Waals surface area contributed by atoms with Crippen LogP contribution in [0.4, 0.5) is 0 Å². The second-order valence-electron chi connectivity index (χ2n) is 5.61. The van der Waals surface area contributed by atoms with Crippen molar-refractivity contribution >= 4 is 5.96 Å². The molecule has 20 heavy (non-hydrogen) atoms. The minimum absolute atomic E-state index is 0.443. The molecular weight excluding hydrogens is 250 g/mol. The van der Waals surface area contributed by atoms with Crippen molar-refractivity contribution in [3.8, 4) is 0 Å². The summed E-state index contributed by atoms with van der Waals surface area (Å²) in [5, 5.41) is 6.75. The van der Waals surface area contributed by atoms with Crippen molar-refractivity contribution < 1.29 is 4.42 Å². The van der Waals surface area contributed by atoms with Crippen LogP contribution in [0.15, 0.2) is 27.8 Å². The van der Waals surface area contributed by atoms with Gasteiger partial charge in [-0.25, -0.2) is 0 Å². The molecule has 0 fully saturated rings. The van der Waals surface area contributed by atoms with Crippen LogP contribution in [-0.2, 0) is 6.42 Å². The Morgan fingerprint density at radius 1 is 1.30 bits per heavy atom. The molecule has 0 radical (unpaired) electrons. The summed E-state index contributed by atoms with van der Waals surface area (Å²) in [6.07, 6.45) is 4.95. The summed E-state index contributed by atoms with van der Waals surface area (Å²) >= 11 is 0. The van der Waals surface area contributed by atoms with E-state index in [9.17, 15) is 0 Å². The standard InChI is InChI=1S/C16H29N3O/c1-5-17-16(19-14(4)9-8-13(2)3)18-11-10-15-7-6-12-20-15/h6-7,12-14H,5,8-11H2,1-4H3,(H2,17,18,19). The van der Waals surface area contributed by atoms with E-state index in [1.807, 2.05) is 12.1 Å². The molecule has 114 valence electrons. The average molecular weight is 279 g/mol. The van der Waals surface area contributed by atoms with Gasteiger partial charge in [0.1, 0.15) is 5.76 Å². The summed E-state index contributed by atoms with van der Waals surface area (Å²) in [5.41, 5.74) is 0. The Hall–Kier alpha value is -1.45. The summed E-state index contributed by atoms with van der Waals surface area (Å²) in [6, 6.07) is 4.34. The smallest absolute Gasteiger partial charge is 0.191 e. The number of furan rings is 1. The van der Waals surface area contributed by atoms with E-state index < -0.39 is 0 Å². The zero-order valence-corrected chi connectivity index (χ0v) is 13.3. The SMILES string of the molecule is CCNC(=NCCc1ccco1)NC(C)CCC(C)C. The summed E-state index contributed by atoms with van der Waals surface area (Å²) in [5.74, 6) is 2.63. The van der Waals surface area contributed by atoms with Crippen LogP contribution < -0.4 is 10.6 Å². The molecule has 2 N–H and O–H groups in total. The first kappa shape index (κ1) is 16.6. The lowest BCUT2D eigenvalue weighted by Crippen LogP contribution is -2.42. The maximum absolute atomic E-state index is 5.31. The average Bonchev–Trinajstić information content (AvgIpc) is 2.89. The molecule has 4 heteroatoms. The summed E-state index contributed by atoms with van der Waals surface area (Å²) in [7, 11) is 0. The van der Waals surface area contributed by atoms with Gasteiger partial charge in [-0.2, -0.15) is 0 Å². The molecule has 1 unspecified atom stereocenters. The topological polar surface area (TPSA) is 49.6 Å². The van der Waals surface area contributed by atoms with Crippen molar-refractivity contribution in [1.82, 2.24) is 10.6 Å². The highest BCUT2D eigenvalue weighted by atomic mass is 16.3. The minimum atomic E-state index is 0.443. The van der Waals surface area contributed by atoms with Crippen LogP contribution in [-0.4, -0.2) is 25.1 Å². The maximum Gasteiger partial charge on any atom is 0.191 e. The van der Waals surface area contributed by atoms with Gasteiger partial charge in [0, 0.05) is 25.6 Å². The fraction of sp³-hybridized carbons (Fsp3) is 0.688. The van der Waals surface area contributed by atoms with Gasteiger partial charge in [0.25, 0.3) is 0 Å². The molecule has 1 heterocycles. The van der Waals surface area contributed by atoms with Gasteiger partial charge in [0.05, 0.1) is 6.26 Å². The largest absolute Gasteiger partial charge is 0.469 e. The van der Waals surface area contributed by atoms with Crippen LogP contribution in [0, 0.1) is 5.92 Å². The van der Waals surface area contributed by atoms with E-state index in [0.717, 1.165) is 37.1 Å². The molecule has 0 amide bonds. The molecule has 1 atom stereocenters. The molecule has 0 aliphatic carbocycles. The third kappa shape index (κ3) is 7.22. The molecule has 0 spiro atoms. The Labute approximate surface area is 123 Å². The second kappa shape index (κ2) is 9.45. The van der Waals surface area contributed by atoms with E-state index in [1.165, 1.54) is 12.8 Å². The van der Waals surface area contributed by atoms with Gasteiger partial charge in [-0.3, -0.25) is 4.99 Å². The second-order valence-corrected chi connectivity index (χ2v) is 5.61. The zero-order chi connectivity index (χ0) is 14.8. The highest BCUT2D eigenvalue weighted by Crippen LogP contribution is 2.06. The van der Waals surface area contributed by atoms with Gasteiger partial charge in [-0.05, 0) is 44.7 Å². The first-order chi connectivity index (χ1) is 9.61. The van der Waals surface area contributed by atoms with E-state index in [2.05, 4.69) is 43.3 Å². The monoisotopic (exact) mass is 279 g/mol. The lowest BCUT2D eigenvalue weighted by molar-refractivity contribution is 0.488. The van der Waals surface area contributed by atoms with Crippen LogP contribution in [0.5, 0.6) is 0 Å². The number of rotatable bonds is 8. The van der Waals surface area contributed by atoms with Gasteiger partial charge >= 0.3 is 0 Å². The third-order valence-electron chi connectivity index (χ3n) is 3.11. The molecule has 0 aliphatic rings. The van der Waals surface area contributed by atoms with E-state index in [-0.39, 0.29) is 0 Å². The Balaban J connectivity index is 2.37. The van der Waals surface area contributed by atoms with Crippen LogP contribution in [0.1, 0.15) is 46.3 Å². The molecule has 1 rings (SSSR count). The Kier molecular flexibility index (Phi) is 7.85. The fourth-order valence-corrected chi connectivity index (χ4v) is 1.94. The molecule has 0 bridgehead atoms. The number of hydrogen-bond donors (Lipinski definition) is 2. The minimum Gasteiger partial charge on any atom is -0.469 e. The molecule has 1 aromatic rings. The maximum atomic E-state index is 5.31. The first-order valence-corrected chi connectivity index (χ1v) is 7.69. The van der Waals surface area contributed by atoms with Crippen molar-refractivity contribution in [3.63, 3.8) is 0 Å². The summed E-state index contributed by atoms with van der Waals surface area (Å²) in [4.78, 5) is 4.59. The molecule has 0 aliphatic heterocycles. The van der Waals surface area contributed by atoms with Crippen molar-refractivity contribution in [2.75, 3.05) is 13.1 Å². The highest BCUT2D eigenvalue weighted by Gasteiger charge is 2.06. The molecule has 0 aromatic carbocycles. The van der Waals surface area contributed by atoms with Crippen molar-refractivity contribution in [1.29, 1.82) is 0 Å². The molecule has 0 saturated heterocycles. The molecule has 0 saturated carbocycles. The van der Waals surface area contributed by atoms with E-state index >= 15 is 0 Å². The van der Waals surface area contributed by atoms with Gasteiger partial charge in [0.2, 0.25) is 0 Å². The van der Waals surface area contributed by atoms with Gasteiger partial charge in [0.15, 0.2) is 5.96 Å². The Bertz CT molecular complexity index is 371. The van der Waals surface area contributed by atoms with Crippen molar-refractivity contribution in [2.45, 2.75) is 53.0 Å². The molecular formula is C16H29N3O. The summed E-state index contributed by atoms with van der Waals surface area (Å²) in [6.45, 7) is 10.4. The van der Waals surface area contributed by atoms with Crippen LogP contribution >= 0.6 is 0 Å². The Morgan fingerprint density at radius 3 is 2.70 bits per heavy atom.